The molecule has 0 saturated carbocycles. The first-order chi connectivity index (χ1) is 11.3. The number of carboxylic acids is 1. The fourth-order valence-corrected chi connectivity index (χ4v) is 4.63. The fraction of sp³-hybridized carbons (Fsp3) is 0.529. The quantitative estimate of drug-likeness (QED) is 0.806. The maximum Gasteiger partial charge on any atom is 0.335 e. The van der Waals surface area contributed by atoms with Crippen molar-refractivity contribution in [2.45, 2.75) is 38.6 Å². The third-order valence-electron chi connectivity index (χ3n) is 4.28. The number of rotatable bonds is 7. The first kappa shape index (κ1) is 18.4. The van der Waals surface area contributed by atoms with Crippen LogP contribution in [-0.4, -0.2) is 54.4 Å². The van der Waals surface area contributed by atoms with Crippen LogP contribution in [0.2, 0.25) is 0 Å². The minimum Gasteiger partial charge on any atom is -0.478 e. The van der Waals surface area contributed by atoms with E-state index in [4.69, 9.17) is 5.11 Å². The van der Waals surface area contributed by atoms with Gasteiger partial charge >= 0.3 is 5.97 Å². The molecule has 6 nitrogen and oxygen atoms in total. The van der Waals surface area contributed by atoms with Gasteiger partial charge in [-0.2, -0.15) is 0 Å². The van der Waals surface area contributed by atoms with Crippen LogP contribution in [0.15, 0.2) is 24.3 Å². The Morgan fingerprint density at radius 2 is 1.92 bits per heavy atom. The Bertz CT molecular complexity index is 696. The fourth-order valence-electron chi connectivity index (χ4n) is 2.90. The van der Waals surface area contributed by atoms with Crippen molar-refractivity contribution in [3.05, 3.63) is 35.4 Å². The Kier molecular flexibility index (Phi) is 5.99. The van der Waals surface area contributed by atoms with E-state index in [1.807, 2.05) is 6.92 Å². The standard InChI is InChI=1S/C17H23NO5S/c1-2-3-9-18(15-8-10-24(22,23)12-15)16(19)11-13-4-6-14(7-5-13)17(20)21/h4-7,15H,2-3,8-12H2,1H3,(H,20,21). The van der Waals surface area contributed by atoms with Gasteiger partial charge in [0.1, 0.15) is 0 Å². The zero-order valence-corrected chi connectivity index (χ0v) is 14.6. The highest BCUT2D eigenvalue weighted by Gasteiger charge is 2.34. The summed E-state index contributed by atoms with van der Waals surface area (Å²) in [6.07, 6.45) is 2.41. The van der Waals surface area contributed by atoms with Crippen molar-refractivity contribution in [3.63, 3.8) is 0 Å². The summed E-state index contributed by atoms with van der Waals surface area (Å²) < 4.78 is 23.4. The van der Waals surface area contributed by atoms with Gasteiger partial charge in [-0.15, -0.1) is 0 Å². The third-order valence-corrected chi connectivity index (χ3v) is 6.03. The summed E-state index contributed by atoms with van der Waals surface area (Å²) in [5.74, 6) is -0.927. The number of hydrogen-bond donors (Lipinski definition) is 1. The number of nitrogens with zero attached hydrogens (tertiary/aromatic N) is 1. The second-order valence-electron chi connectivity index (χ2n) is 6.18. The molecule has 1 N–H and O–H groups in total. The van der Waals surface area contributed by atoms with E-state index in [1.165, 1.54) is 12.1 Å². The Labute approximate surface area is 142 Å². The third kappa shape index (κ3) is 4.80. The lowest BCUT2D eigenvalue weighted by atomic mass is 10.1. The molecule has 0 radical (unpaired) electrons. The topological polar surface area (TPSA) is 91.8 Å². The van der Waals surface area contributed by atoms with Crippen LogP contribution in [0.25, 0.3) is 0 Å². The predicted octanol–water partition coefficient (Wildman–Crippen LogP) is 1.74. The van der Waals surface area contributed by atoms with Crippen LogP contribution in [0, 0.1) is 0 Å². The van der Waals surface area contributed by atoms with Crippen LogP contribution < -0.4 is 0 Å². The van der Waals surface area contributed by atoms with Crippen LogP contribution in [0.3, 0.4) is 0 Å². The lowest BCUT2D eigenvalue weighted by molar-refractivity contribution is -0.132. The van der Waals surface area contributed by atoms with Crippen molar-refractivity contribution in [1.29, 1.82) is 0 Å². The molecule has 1 aliphatic heterocycles. The van der Waals surface area contributed by atoms with Crippen molar-refractivity contribution >= 4 is 21.7 Å². The number of amides is 1. The molecule has 0 bridgehead atoms. The van der Waals surface area contributed by atoms with E-state index in [1.54, 1.807) is 17.0 Å². The molecule has 1 aromatic rings. The van der Waals surface area contributed by atoms with Crippen LogP contribution in [0.4, 0.5) is 0 Å². The molecule has 24 heavy (non-hydrogen) atoms. The van der Waals surface area contributed by atoms with Gasteiger partial charge in [0.25, 0.3) is 0 Å². The molecule has 1 unspecified atom stereocenters. The molecule has 1 saturated heterocycles. The number of carbonyl (C=O) groups excluding carboxylic acids is 1. The molecule has 0 aliphatic carbocycles. The average Bonchev–Trinajstić information content (AvgIpc) is 2.88. The summed E-state index contributed by atoms with van der Waals surface area (Å²) in [6, 6.07) is 5.96. The Morgan fingerprint density at radius 3 is 2.42 bits per heavy atom. The molecule has 132 valence electrons. The van der Waals surface area contributed by atoms with Crippen molar-refractivity contribution in [2.24, 2.45) is 0 Å². The van der Waals surface area contributed by atoms with E-state index in [0.29, 0.717) is 13.0 Å². The lowest BCUT2D eigenvalue weighted by Gasteiger charge is -2.28. The number of carbonyl (C=O) groups is 2. The van der Waals surface area contributed by atoms with E-state index in [2.05, 4.69) is 0 Å². The molecule has 1 fully saturated rings. The van der Waals surface area contributed by atoms with Gasteiger partial charge in [0.15, 0.2) is 9.84 Å². The van der Waals surface area contributed by atoms with Gasteiger partial charge in [-0.25, -0.2) is 13.2 Å². The minimum atomic E-state index is -3.05. The largest absolute Gasteiger partial charge is 0.478 e. The summed E-state index contributed by atoms with van der Waals surface area (Å²) in [4.78, 5) is 25.2. The van der Waals surface area contributed by atoms with Crippen LogP contribution in [0.5, 0.6) is 0 Å². The Hall–Kier alpha value is -1.89. The van der Waals surface area contributed by atoms with Crippen molar-refractivity contribution < 1.29 is 23.1 Å². The Morgan fingerprint density at radius 1 is 1.25 bits per heavy atom. The molecule has 1 aliphatic rings. The molecule has 7 heteroatoms. The number of unbranched alkanes of at least 4 members (excludes halogenated alkanes) is 1. The SMILES string of the molecule is CCCCN(C(=O)Cc1ccc(C(=O)O)cc1)C1CCS(=O)(=O)C1. The van der Waals surface area contributed by atoms with Gasteiger partial charge in [-0.3, -0.25) is 4.79 Å². The zero-order valence-electron chi connectivity index (χ0n) is 13.8. The zero-order chi connectivity index (χ0) is 17.7. The molecule has 1 aromatic carbocycles. The van der Waals surface area contributed by atoms with Gasteiger partial charge in [-0.1, -0.05) is 25.5 Å². The van der Waals surface area contributed by atoms with Gasteiger partial charge in [0, 0.05) is 12.6 Å². The van der Waals surface area contributed by atoms with E-state index >= 15 is 0 Å². The first-order valence-corrected chi connectivity index (χ1v) is 9.96. The first-order valence-electron chi connectivity index (χ1n) is 8.14. The molecule has 0 aromatic heterocycles. The molecule has 1 amide bonds. The monoisotopic (exact) mass is 353 g/mol. The van der Waals surface area contributed by atoms with E-state index in [9.17, 15) is 18.0 Å². The molecular weight excluding hydrogens is 330 g/mol. The molecule has 1 atom stereocenters. The number of hydrogen-bond acceptors (Lipinski definition) is 4. The maximum atomic E-state index is 12.7. The summed E-state index contributed by atoms with van der Waals surface area (Å²) in [7, 11) is -3.05. The van der Waals surface area contributed by atoms with E-state index < -0.39 is 15.8 Å². The lowest BCUT2D eigenvalue weighted by Crippen LogP contribution is -2.42. The van der Waals surface area contributed by atoms with Crippen molar-refractivity contribution in [3.8, 4) is 0 Å². The number of sulfone groups is 1. The summed E-state index contributed by atoms with van der Waals surface area (Å²) >= 11 is 0. The summed E-state index contributed by atoms with van der Waals surface area (Å²) in [5.41, 5.74) is 0.906. The highest BCUT2D eigenvalue weighted by molar-refractivity contribution is 7.91. The molecule has 2 rings (SSSR count). The minimum absolute atomic E-state index is 0.0421. The Balaban J connectivity index is 2.08. The summed E-state index contributed by atoms with van der Waals surface area (Å²) in [6.45, 7) is 2.58. The van der Waals surface area contributed by atoms with E-state index in [0.717, 1.165) is 18.4 Å². The second-order valence-corrected chi connectivity index (χ2v) is 8.41. The smallest absolute Gasteiger partial charge is 0.335 e. The van der Waals surface area contributed by atoms with Crippen molar-refractivity contribution in [2.75, 3.05) is 18.1 Å². The normalized spacial score (nSPS) is 19.1. The molecular formula is C17H23NO5S. The number of carboxylic acid groups (broad SMARTS) is 1. The predicted molar refractivity (Wildman–Crippen MR) is 90.8 cm³/mol. The average molecular weight is 353 g/mol. The van der Waals surface area contributed by atoms with Gasteiger partial charge in [0.2, 0.25) is 5.91 Å². The van der Waals surface area contributed by atoms with Crippen LogP contribution in [-0.2, 0) is 21.1 Å². The van der Waals surface area contributed by atoms with Crippen molar-refractivity contribution in [1.82, 2.24) is 4.90 Å². The highest BCUT2D eigenvalue weighted by atomic mass is 32.2. The van der Waals surface area contributed by atoms with Gasteiger partial charge in [-0.05, 0) is 30.5 Å². The van der Waals surface area contributed by atoms with Gasteiger partial charge < -0.3 is 10.0 Å². The second kappa shape index (κ2) is 7.79. The highest BCUT2D eigenvalue weighted by Crippen LogP contribution is 2.20. The van der Waals surface area contributed by atoms with Crippen LogP contribution >= 0.6 is 0 Å². The van der Waals surface area contributed by atoms with Crippen LogP contribution in [0.1, 0.15) is 42.1 Å². The molecule has 1 heterocycles. The number of benzene rings is 1. The number of aromatic carboxylic acids is 1. The van der Waals surface area contributed by atoms with Gasteiger partial charge in [0.05, 0.1) is 23.5 Å². The van der Waals surface area contributed by atoms with E-state index in [-0.39, 0.29) is 35.4 Å². The summed E-state index contributed by atoms with van der Waals surface area (Å²) in [5, 5.41) is 8.90. The molecule has 0 spiro atoms. The maximum absolute atomic E-state index is 12.7.